The summed E-state index contributed by atoms with van der Waals surface area (Å²) >= 11 is 1.29. The third kappa shape index (κ3) is 4.58. The molecule has 0 atom stereocenters. The van der Waals surface area contributed by atoms with Crippen molar-refractivity contribution in [1.29, 1.82) is 0 Å². The van der Waals surface area contributed by atoms with Gasteiger partial charge in [0, 0.05) is 7.05 Å². The molecule has 32 heavy (non-hydrogen) atoms. The summed E-state index contributed by atoms with van der Waals surface area (Å²) in [5.41, 5.74) is 3.78. The summed E-state index contributed by atoms with van der Waals surface area (Å²) in [4.78, 5) is 30.3. The van der Waals surface area contributed by atoms with Crippen LogP contribution in [0.15, 0.2) is 82.7 Å². The van der Waals surface area contributed by atoms with Crippen LogP contribution in [0.3, 0.4) is 0 Å². The first-order chi connectivity index (χ1) is 15.4. The van der Waals surface area contributed by atoms with Crippen LogP contribution in [0.4, 0.5) is 5.69 Å². The van der Waals surface area contributed by atoms with Crippen LogP contribution in [0.5, 0.6) is 5.75 Å². The van der Waals surface area contributed by atoms with Gasteiger partial charge in [0.05, 0.1) is 23.3 Å². The average molecular weight is 445 g/mol. The molecule has 0 aliphatic carbocycles. The summed E-state index contributed by atoms with van der Waals surface area (Å²) in [5, 5.41) is 9.56. The van der Waals surface area contributed by atoms with Gasteiger partial charge in [-0.25, -0.2) is 9.79 Å². The van der Waals surface area contributed by atoms with Crippen LogP contribution in [-0.2, 0) is 4.79 Å². The molecule has 1 N–H and O–H groups in total. The molecule has 4 rings (SSSR count). The maximum atomic E-state index is 12.7. The molecule has 0 unspecified atom stereocenters. The number of methoxy groups -OCH3 is 1. The maximum absolute atomic E-state index is 12.7. The molecular formula is C25H20N2O4S. The normalized spacial score (nSPS) is 16.1. The van der Waals surface area contributed by atoms with Crippen molar-refractivity contribution in [3.8, 4) is 16.9 Å². The summed E-state index contributed by atoms with van der Waals surface area (Å²) in [6.07, 6.45) is 1.85. The van der Waals surface area contributed by atoms with Crippen LogP contribution >= 0.6 is 11.8 Å². The number of aliphatic imine (C=N–C) groups is 1. The van der Waals surface area contributed by atoms with Gasteiger partial charge in [0.1, 0.15) is 5.75 Å². The molecule has 1 aliphatic rings. The summed E-state index contributed by atoms with van der Waals surface area (Å²) in [6, 6.07) is 22.0. The van der Waals surface area contributed by atoms with Gasteiger partial charge in [-0.2, -0.15) is 0 Å². The first-order valence-corrected chi connectivity index (χ1v) is 10.6. The van der Waals surface area contributed by atoms with Crippen molar-refractivity contribution in [2.24, 2.45) is 4.99 Å². The van der Waals surface area contributed by atoms with Crippen molar-refractivity contribution in [1.82, 2.24) is 4.90 Å². The summed E-state index contributed by atoms with van der Waals surface area (Å²) < 4.78 is 5.22. The number of carboxylic acid groups (broad SMARTS) is 1. The number of nitrogens with zero attached hydrogens (tertiary/aromatic N) is 2. The predicted molar refractivity (Wildman–Crippen MR) is 127 cm³/mol. The molecular weight excluding hydrogens is 424 g/mol. The van der Waals surface area contributed by atoms with E-state index < -0.39 is 5.97 Å². The Bertz CT molecular complexity index is 1230. The Kier molecular flexibility index (Phi) is 6.09. The summed E-state index contributed by atoms with van der Waals surface area (Å²) in [6.45, 7) is 0. The van der Waals surface area contributed by atoms with Gasteiger partial charge < -0.3 is 9.84 Å². The predicted octanol–water partition coefficient (Wildman–Crippen LogP) is 5.29. The fraction of sp³-hybridized carbons (Fsp3) is 0.0800. The monoisotopic (exact) mass is 444 g/mol. The van der Waals surface area contributed by atoms with Crippen molar-refractivity contribution in [2.75, 3.05) is 14.2 Å². The molecule has 3 aromatic rings. The molecule has 160 valence electrons. The zero-order valence-corrected chi connectivity index (χ0v) is 18.3. The Labute approximate surface area is 189 Å². The number of benzene rings is 3. The number of amides is 1. The molecule has 0 spiro atoms. The minimum atomic E-state index is -0.992. The second-order valence-corrected chi connectivity index (χ2v) is 8.08. The van der Waals surface area contributed by atoms with Gasteiger partial charge in [-0.05, 0) is 77.0 Å². The lowest BCUT2D eigenvalue weighted by molar-refractivity contribution is -0.121. The summed E-state index contributed by atoms with van der Waals surface area (Å²) in [7, 11) is 3.31. The lowest BCUT2D eigenvalue weighted by Crippen LogP contribution is -2.23. The molecule has 7 heteroatoms. The molecule has 6 nitrogen and oxygen atoms in total. The van der Waals surface area contributed by atoms with Crippen molar-refractivity contribution < 1.29 is 19.4 Å². The number of thioether (sulfide) groups is 1. The molecule has 3 aromatic carbocycles. The van der Waals surface area contributed by atoms with Crippen LogP contribution in [0.1, 0.15) is 15.9 Å². The van der Waals surface area contributed by atoms with E-state index in [2.05, 4.69) is 4.99 Å². The van der Waals surface area contributed by atoms with E-state index in [0.717, 1.165) is 22.4 Å². The Balaban J connectivity index is 1.58. The van der Waals surface area contributed by atoms with Crippen LogP contribution in [-0.4, -0.2) is 41.2 Å². The number of hydrogen-bond acceptors (Lipinski definition) is 5. The van der Waals surface area contributed by atoms with Gasteiger partial charge in [-0.1, -0.05) is 30.3 Å². The largest absolute Gasteiger partial charge is 0.497 e. The molecule has 0 radical (unpaired) electrons. The van der Waals surface area contributed by atoms with E-state index in [1.54, 1.807) is 26.3 Å². The minimum Gasteiger partial charge on any atom is -0.497 e. The highest BCUT2D eigenvalue weighted by molar-refractivity contribution is 8.18. The lowest BCUT2D eigenvalue weighted by atomic mass is 10.0. The first kappa shape index (κ1) is 21.4. The number of aromatic carboxylic acids is 1. The van der Waals surface area contributed by atoms with E-state index in [1.807, 2.05) is 54.6 Å². The zero-order chi connectivity index (χ0) is 22.7. The maximum Gasteiger partial charge on any atom is 0.335 e. The molecule has 0 saturated carbocycles. The number of rotatable bonds is 5. The van der Waals surface area contributed by atoms with Crippen molar-refractivity contribution in [3.63, 3.8) is 0 Å². The smallest absolute Gasteiger partial charge is 0.335 e. The molecule has 0 bridgehead atoms. The SMILES string of the molecule is COc1ccc(-c2cccc(/C=C3\S/C(=N/c4ccc(C(=O)O)cc4)N(C)C3=O)c2)cc1. The molecule has 1 amide bonds. The third-order valence-electron chi connectivity index (χ3n) is 4.95. The number of amidine groups is 1. The number of likely N-dealkylation sites (N-methyl/N-ethyl adjacent to an activating group) is 1. The van der Waals surface area contributed by atoms with Gasteiger partial charge in [0.25, 0.3) is 5.91 Å². The van der Waals surface area contributed by atoms with Crippen LogP contribution < -0.4 is 4.74 Å². The number of ether oxygens (including phenoxy) is 1. The van der Waals surface area contributed by atoms with E-state index in [0.29, 0.717) is 15.8 Å². The number of carboxylic acids is 1. The van der Waals surface area contributed by atoms with E-state index in [4.69, 9.17) is 9.84 Å². The Morgan fingerprint density at radius 2 is 1.75 bits per heavy atom. The quantitative estimate of drug-likeness (QED) is 0.541. The van der Waals surface area contributed by atoms with E-state index in [1.165, 1.54) is 28.8 Å². The van der Waals surface area contributed by atoms with E-state index >= 15 is 0 Å². The van der Waals surface area contributed by atoms with Gasteiger partial charge in [-0.15, -0.1) is 0 Å². The summed E-state index contributed by atoms with van der Waals surface area (Å²) in [5.74, 6) is -0.327. The van der Waals surface area contributed by atoms with Gasteiger partial charge in [0.2, 0.25) is 0 Å². The van der Waals surface area contributed by atoms with Crippen LogP contribution in [0.25, 0.3) is 17.2 Å². The topological polar surface area (TPSA) is 79.2 Å². The molecule has 1 saturated heterocycles. The van der Waals surface area contributed by atoms with E-state index in [-0.39, 0.29) is 11.5 Å². The first-order valence-electron chi connectivity index (χ1n) is 9.79. The Morgan fingerprint density at radius 1 is 1.03 bits per heavy atom. The van der Waals surface area contributed by atoms with Crippen LogP contribution in [0.2, 0.25) is 0 Å². The Morgan fingerprint density at radius 3 is 2.41 bits per heavy atom. The molecule has 0 aromatic heterocycles. The Hall–Kier alpha value is -3.84. The second kappa shape index (κ2) is 9.11. The fourth-order valence-corrected chi connectivity index (χ4v) is 4.17. The van der Waals surface area contributed by atoms with Gasteiger partial charge in [0.15, 0.2) is 5.17 Å². The van der Waals surface area contributed by atoms with Crippen molar-refractivity contribution >= 4 is 40.6 Å². The van der Waals surface area contributed by atoms with Crippen LogP contribution in [0, 0.1) is 0 Å². The third-order valence-corrected chi connectivity index (χ3v) is 6.01. The lowest BCUT2D eigenvalue weighted by Gasteiger charge is -2.07. The second-order valence-electron chi connectivity index (χ2n) is 7.08. The highest BCUT2D eigenvalue weighted by atomic mass is 32.2. The molecule has 1 heterocycles. The van der Waals surface area contributed by atoms with Gasteiger partial charge in [-0.3, -0.25) is 9.69 Å². The average Bonchev–Trinajstić information content (AvgIpc) is 3.07. The molecule has 1 fully saturated rings. The van der Waals surface area contributed by atoms with Crippen molar-refractivity contribution in [2.45, 2.75) is 0 Å². The standard InChI is InChI=1S/C25H20N2O4S/c1-27-23(28)22(32-25(27)26-20-10-6-18(7-11-20)24(29)30)15-16-4-3-5-19(14-16)17-8-12-21(31-2)13-9-17/h3-15H,1-2H3,(H,29,30)/b22-15-,26-25+. The highest BCUT2D eigenvalue weighted by Gasteiger charge is 2.30. The zero-order valence-electron chi connectivity index (χ0n) is 17.5. The van der Waals surface area contributed by atoms with Crippen molar-refractivity contribution in [3.05, 3.63) is 88.8 Å². The van der Waals surface area contributed by atoms with E-state index in [9.17, 15) is 9.59 Å². The number of carbonyl (C=O) groups is 2. The van der Waals surface area contributed by atoms with Gasteiger partial charge >= 0.3 is 5.97 Å². The number of carbonyl (C=O) groups excluding carboxylic acids is 1. The minimum absolute atomic E-state index is 0.134. The highest BCUT2D eigenvalue weighted by Crippen LogP contribution is 2.34. The number of hydrogen-bond donors (Lipinski definition) is 1. The fourth-order valence-electron chi connectivity index (χ4n) is 3.18. The molecule has 1 aliphatic heterocycles.